The van der Waals surface area contributed by atoms with Gasteiger partial charge in [-0.3, -0.25) is 37.3 Å². The average Bonchev–Trinajstić information content (AvgIpc) is 0.924. The molecule has 17 nitrogen and oxygen atoms in total. The van der Waals surface area contributed by atoms with Gasteiger partial charge in [0.25, 0.3) is 0 Å². The highest BCUT2D eigenvalue weighted by molar-refractivity contribution is 7.47. The van der Waals surface area contributed by atoms with Crippen LogP contribution in [0.15, 0.2) is 97.2 Å². The molecule has 0 fully saturated rings. The van der Waals surface area contributed by atoms with Crippen molar-refractivity contribution in [3.63, 3.8) is 0 Å². The first kappa shape index (κ1) is 98.0. The Hall–Kier alpha value is -4.02. The maximum absolute atomic E-state index is 13.1. The molecule has 0 aromatic rings. The summed E-state index contributed by atoms with van der Waals surface area (Å²) in [5.41, 5.74) is 0. The van der Waals surface area contributed by atoms with E-state index in [0.29, 0.717) is 32.1 Å². The van der Waals surface area contributed by atoms with Gasteiger partial charge in [-0.25, -0.2) is 9.13 Å². The largest absolute Gasteiger partial charge is 0.472 e. The van der Waals surface area contributed by atoms with Gasteiger partial charge in [-0.1, -0.05) is 279 Å². The minimum absolute atomic E-state index is 0.0369. The number of hydrogen-bond acceptors (Lipinski definition) is 15. The highest BCUT2D eigenvalue weighted by Crippen LogP contribution is 2.45. The molecule has 0 bridgehead atoms. The van der Waals surface area contributed by atoms with Gasteiger partial charge in [-0.2, -0.15) is 0 Å². The zero-order valence-corrected chi connectivity index (χ0v) is 66.3. The van der Waals surface area contributed by atoms with Crippen molar-refractivity contribution in [2.24, 2.45) is 0 Å². The summed E-state index contributed by atoms with van der Waals surface area (Å²) in [6, 6.07) is 0. The van der Waals surface area contributed by atoms with E-state index in [0.717, 1.165) is 141 Å². The Balaban J connectivity index is 5.41. The minimum atomic E-state index is -4.99. The Morgan fingerprint density at radius 1 is 0.275 bits per heavy atom. The number of phosphoric acid groups is 2. The summed E-state index contributed by atoms with van der Waals surface area (Å²) < 4.78 is 68.5. The summed E-state index contributed by atoms with van der Waals surface area (Å²) in [7, 11) is -9.97. The van der Waals surface area contributed by atoms with Crippen molar-refractivity contribution in [2.75, 3.05) is 39.6 Å². The fourth-order valence-corrected chi connectivity index (χ4v) is 12.4. The molecule has 0 aliphatic carbocycles. The number of phosphoric ester groups is 2. The second-order valence-electron chi connectivity index (χ2n) is 27.0. The SMILES string of the molecule is CCCCC/C=C\C/C=C\C/C=C\C/C=C\C/C=C\CCC(=O)OC[C@H](COP(=O)(O)OC[C@@H](O)COP(=O)(O)OC[C@@H](COC(=O)CCCCCCCCC/C=C\CCCCCC)OC(=O)CCCCCCC/C=C\CCCCCC)OC(=O)CCCCCCC/C=C\CCCCCCCC. The first-order valence-electron chi connectivity index (χ1n) is 40.5. The first-order valence-corrected chi connectivity index (χ1v) is 43.5. The van der Waals surface area contributed by atoms with E-state index < -0.39 is 97.5 Å². The lowest BCUT2D eigenvalue weighted by molar-refractivity contribution is -0.161. The number of hydrogen-bond donors (Lipinski definition) is 3. The van der Waals surface area contributed by atoms with Gasteiger partial charge in [-0.05, 0) is 141 Å². The molecule has 0 aromatic carbocycles. The lowest BCUT2D eigenvalue weighted by Crippen LogP contribution is -2.30. The predicted molar refractivity (Wildman–Crippen MR) is 418 cm³/mol. The molecular weight excluding hydrogens is 1330 g/mol. The number of ether oxygens (including phenoxy) is 4. The maximum Gasteiger partial charge on any atom is 0.472 e. The molecule has 0 aromatic heterocycles. The molecule has 0 saturated carbocycles. The van der Waals surface area contributed by atoms with E-state index in [1.807, 2.05) is 12.2 Å². The molecule has 0 radical (unpaired) electrons. The zero-order valence-electron chi connectivity index (χ0n) is 64.5. The monoisotopic (exact) mass is 1480 g/mol. The molecule has 0 aliphatic rings. The summed E-state index contributed by atoms with van der Waals surface area (Å²) in [5, 5.41) is 10.6. The minimum Gasteiger partial charge on any atom is -0.462 e. The lowest BCUT2D eigenvalue weighted by atomic mass is 10.1. The molecule has 5 atom stereocenters. The Labute approximate surface area is 620 Å². The van der Waals surface area contributed by atoms with Crippen molar-refractivity contribution in [2.45, 2.75) is 367 Å². The van der Waals surface area contributed by atoms with Crippen molar-refractivity contribution in [1.82, 2.24) is 0 Å². The number of esters is 4. The Bertz CT molecular complexity index is 2310. The van der Waals surface area contributed by atoms with E-state index in [4.69, 9.17) is 37.0 Å². The predicted octanol–water partition coefficient (Wildman–Crippen LogP) is 23.6. The Morgan fingerprint density at radius 3 is 0.833 bits per heavy atom. The molecule has 3 N–H and O–H groups in total. The van der Waals surface area contributed by atoms with Crippen molar-refractivity contribution in [1.29, 1.82) is 0 Å². The zero-order chi connectivity index (χ0) is 74.6. The van der Waals surface area contributed by atoms with E-state index in [2.05, 4.69) is 113 Å². The number of aliphatic hydroxyl groups excluding tert-OH is 1. The molecule has 0 spiro atoms. The second-order valence-corrected chi connectivity index (χ2v) is 29.9. The summed E-state index contributed by atoms with van der Waals surface area (Å²) in [6.07, 6.45) is 79.7. The van der Waals surface area contributed by atoms with Gasteiger partial charge >= 0.3 is 39.5 Å². The van der Waals surface area contributed by atoms with Gasteiger partial charge in [0.1, 0.15) is 19.3 Å². The third-order valence-electron chi connectivity index (χ3n) is 17.0. The molecule has 0 saturated heterocycles. The van der Waals surface area contributed by atoms with Crippen molar-refractivity contribution in [3.05, 3.63) is 97.2 Å². The highest BCUT2D eigenvalue weighted by atomic mass is 31.2. The molecule has 0 heterocycles. The van der Waals surface area contributed by atoms with Gasteiger partial charge in [0, 0.05) is 25.7 Å². The van der Waals surface area contributed by atoms with Crippen molar-refractivity contribution < 1.29 is 80.2 Å². The van der Waals surface area contributed by atoms with E-state index in [-0.39, 0.29) is 25.7 Å². The quantitative estimate of drug-likeness (QED) is 0.0169. The standard InChI is InChI=1S/C83H146O17P2/c1-5-9-13-17-21-25-29-33-36-37-38-39-42-45-48-52-56-60-64-68-81(86)94-74-79(100-83(88)70-66-62-58-54-50-46-41-35-31-27-23-19-15-11-7-3)76-98-102(91,92)96-72-77(84)71-95-101(89,90)97-75-78(99-82(87)69-65-61-57-53-49-43-32-28-24-20-16-12-8-4)73-93-80(85)67-63-59-55-51-47-44-40-34-30-26-22-18-14-10-6-2/h21,25-26,28,30,32-33,35-36,38-39,41,45,48,56,60,77-79,84H,5-20,22-24,27,29,31,34,37,40,42-44,46-47,49-55,57-59,61-76H2,1-4H3,(H,89,90)(H,91,92)/b25-21-,30-26-,32-28-,36-33-,39-38-,41-35-,48-45-,60-56-/t77-,78+,79+/m0/s1. The van der Waals surface area contributed by atoms with Crippen molar-refractivity contribution in [3.8, 4) is 0 Å². The van der Waals surface area contributed by atoms with Crippen LogP contribution >= 0.6 is 15.6 Å². The van der Waals surface area contributed by atoms with Crippen LogP contribution in [0.4, 0.5) is 0 Å². The van der Waals surface area contributed by atoms with Crippen molar-refractivity contribution >= 4 is 39.5 Å². The highest BCUT2D eigenvalue weighted by Gasteiger charge is 2.30. The second kappa shape index (κ2) is 75.2. The summed E-state index contributed by atoms with van der Waals surface area (Å²) >= 11 is 0. The third-order valence-corrected chi connectivity index (χ3v) is 18.9. The molecule has 0 amide bonds. The van der Waals surface area contributed by atoms with E-state index in [9.17, 15) is 43.2 Å². The Morgan fingerprint density at radius 2 is 0.500 bits per heavy atom. The van der Waals surface area contributed by atoms with Crippen LogP contribution in [0, 0.1) is 0 Å². The summed E-state index contributed by atoms with van der Waals surface area (Å²) in [4.78, 5) is 73.0. The molecular formula is C83H146O17P2. The number of aliphatic hydroxyl groups is 1. The lowest BCUT2D eigenvalue weighted by Gasteiger charge is -2.21. The van der Waals surface area contributed by atoms with Gasteiger partial charge < -0.3 is 33.8 Å². The van der Waals surface area contributed by atoms with Crippen LogP contribution in [0.3, 0.4) is 0 Å². The fraction of sp³-hybridized carbons (Fsp3) is 0.759. The number of allylic oxidation sites excluding steroid dienone is 16. The van der Waals surface area contributed by atoms with E-state index >= 15 is 0 Å². The topological polar surface area (TPSA) is 237 Å². The maximum atomic E-state index is 13.1. The fourth-order valence-electron chi connectivity index (χ4n) is 10.8. The molecule has 0 aliphatic heterocycles. The molecule has 0 rings (SSSR count). The van der Waals surface area contributed by atoms with Gasteiger partial charge in [0.05, 0.1) is 26.4 Å². The van der Waals surface area contributed by atoms with Crippen LogP contribution in [0.2, 0.25) is 0 Å². The molecule has 2 unspecified atom stereocenters. The van der Waals surface area contributed by atoms with Crippen LogP contribution in [0.25, 0.3) is 0 Å². The normalized spacial score (nSPS) is 14.4. The number of carbonyl (C=O) groups excluding carboxylic acids is 4. The molecule has 102 heavy (non-hydrogen) atoms. The van der Waals surface area contributed by atoms with E-state index in [1.54, 1.807) is 0 Å². The van der Waals surface area contributed by atoms with Crippen LogP contribution in [0.5, 0.6) is 0 Å². The van der Waals surface area contributed by atoms with Gasteiger partial charge in [0.2, 0.25) is 0 Å². The average molecular weight is 1480 g/mol. The number of carbonyl (C=O) groups is 4. The van der Waals surface area contributed by atoms with Gasteiger partial charge in [0.15, 0.2) is 12.2 Å². The summed E-state index contributed by atoms with van der Waals surface area (Å²) in [6.45, 7) is 4.75. The third kappa shape index (κ3) is 74.3. The van der Waals surface area contributed by atoms with Gasteiger partial charge in [-0.15, -0.1) is 0 Å². The van der Waals surface area contributed by atoms with Crippen LogP contribution in [0.1, 0.15) is 349 Å². The molecule has 19 heteroatoms. The van der Waals surface area contributed by atoms with Crippen LogP contribution < -0.4 is 0 Å². The molecule has 590 valence electrons. The van der Waals surface area contributed by atoms with E-state index in [1.165, 1.54) is 122 Å². The first-order chi connectivity index (χ1) is 49.7. The van der Waals surface area contributed by atoms with Crippen LogP contribution in [-0.2, 0) is 65.4 Å². The van der Waals surface area contributed by atoms with Crippen LogP contribution in [-0.4, -0.2) is 96.7 Å². The smallest absolute Gasteiger partial charge is 0.462 e. The summed E-state index contributed by atoms with van der Waals surface area (Å²) in [5.74, 6) is -2.28. The Kier molecular flexibility index (Phi) is 72.3. The number of rotatable bonds is 76. The number of unbranched alkanes of at least 4 members (excludes halogenated alkanes) is 34.